The zero-order valence-electron chi connectivity index (χ0n) is 13.9. The Hall–Kier alpha value is -1.46. The summed E-state index contributed by atoms with van der Waals surface area (Å²) in [6, 6.07) is 4.09. The van der Waals surface area contributed by atoms with Gasteiger partial charge in [-0.3, -0.25) is 14.7 Å². The molecule has 0 unspecified atom stereocenters. The zero-order valence-corrected chi connectivity index (χ0v) is 13.9. The standard InChI is InChI=1S/C18H28N4O/c19-12-15-3-5-17(6-4-15)18(23)22-10-8-21(9-11-22)14-16-2-1-7-20-13-16/h1-2,7,13,15,17H,3-6,8-12,14,19H2. The van der Waals surface area contributed by atoms with Gasteiger partial charge in [0, 0.05) is 51.0 Å². The molecule has 0 atom stereocenters. The van der Waals surface area contributed by atoms with Crippen LogP contribution in [0, 0.1) is 11.8 Å². The Kier molecular flexibility index (Phi) is 5.62. The summed E-state index contributed by atoms with van der Waals surface area (Å²) >= 11 is 0. The van der Waals surface area contributed by atoms with Crippen molar-refractivity contribution in [2.24, 2.45) is 17.6 Å². The van der Waals surface area contributed by atoms with Crippen molar-refractivity contribution in [1.29, 1.82) is 0 Å². The number of hydrogen-bond donors (Lipinski definition) is 1. The molecule has 2 N–H and O–H groups in total. The van der Waals surface area contributed by atoms with Crippen molar-refractivity contribution < 1.29 is 4.79 Å². The number of rotatable bonds is 4. The quantitative estimate of drug-likeness (QED) is 0.914. The van der Waals surface area contributed by atoms with E-state index in [1.165, 1.54) is 5.56 Å². The number of carbonyl (C=O) groups excluding carboxylic acids is 1. The lowest BCUT2D eigenvalue weighted by atomic mass is 9.81. The molecule has 2 fully saturated rings. The third-order valence-electron chi connectivity index (χ3n) is 5.34. The lowest BCUT2D eigenvalue weighted by Gasteiger charge is -2.37. The maximum absolute atomic E-state index is 12.7. The normalized spacial score (nSPS) is 26.2. The van der Waals surface area contributed by atoms with E-state index < -0.39 is 0 Å². The van der Waals surface area contributed by atoms with Gasteiger partial charge in [0.05, 0.1) is 0 Å². The highest BCUT2D eigenvalue weighted by Gasteiger charge is 2.30. The van der Waals surface area contributed by atoms with Gasteiger partial charge in [0.1, 0.15) is 0 Å². The van der Waals surface area contributed by atoms with Gasteiger partial charge in [-0.25, -0.2) is 0 Å². The first kappa shape index (κ1) is 16.4. The smallest absolute Gasteiger partial charge is 0.225 e. The predicted octanol–water partition coefficient (Wildman–Crippen LogP) is 1.49. The summed E-state index contributed by atoms with van der Waals surface area (Å²) in [5, 5.41) is 0. The van der Waals surface area contributed by atoms with Gasteiger partial charge in [0.15, 0.2) is 0 Å². The molecular formula is C18H28N4O. The minimum atomic E-state index is 0.239. The van der Waals surface area contributed by atoms with Crippen LogP contribution in [-0.4, -0.2) is 53.4 Å². The lowest BCUT2D eigenvalue weighted by Crippen LogP contribution is -2.50. The van der Waals surface area contributed by atoms with Crippen molar-refractivity contribution >= 4 is 5.91 Å². The van der Waals surface area contributed by atoms with E-state index in [-0.39, 0.29) is 5.92 Å². The Labute approximate surface area is 138 Å². The van der Waals surface area contributed by atoms with Crippen LogP contribution in [0.3, 0.4) is 0 Å². The number of amides is 1. The fourth-order valence-electron chi connectivity index (χ4n) is 3.78. The zero-order chi connectivity index (χ0) is 16.1. The third-order valence-corrected chi connectivity index (χ3v) is 5.34. The summed E-state index contributed by atoms with van der Waals surface area (Å²) in [5.41, 5.74) is 6.98. The highest BCUT2D eigenvalue weighted by molar-refractivity contribution is 5.79. The topological polar surface area (TPSA) is 62.5 Å². The second-order valence-corrected chi connectivity index (χ2v) is 6.92. The second kappa shape index (κ2) is 7.88. The minimum absolute atomic E-state index is 0.239. The summed E-state index contributed by atoms with van der Waals surface area (Å²) in [6.45, 7) is 5.33. The van der Waals surface area contributed by atoms with Crippen molar-refractivity contribution in [2.45, 2.75) is 32.2 Å². The molecule has 23 heavy (non-hydrogen) atoms. The average Bonchev–Trinajstić information content (AvgIpc) is 2.63. The molecular weight excluding hydrogens is 288 g/mol. The predicted molar refractivity (Wildman–Crippen MR) is 90.6 cm³/mol. The van der Waals surface area contributed by atoms with Crippen molar-refractivity contribution in [3.63, 3.8) is 0 Å². The Morgan fingerprint density at radius 1 is 1.17 bits per heavy atom. The van der Waals surface area contributed by atoms with Gasteiger partial charge in [0.25, 0.3) is 0 Å². The molecule has 1 amide bonds. The van der Waals surface area contributed by atoms with E-state index in [9.17, 15) is 4.79 Å². The van der Waals surface area contributed by atoms with Gasteiger partial charge >= 0.3 is 0 Å². The van der Waals surface area contributed by atoms with Gasteiger partial charge < -0.3 is 10.6 Å². The molecule has 2 aliphatic rings. The average molecular weight is 316 g/mol. The molecule has 0 radical (unpaired) electrons. The summed E-state index contributed by atoms with van der Waals surface area (Å²) < 4.78 is 0. The van der Waals surface area contributed by atoms with Gasteiger partial charge in [-0.1, -0.05) is 6.07 Å². The van der Waals surface area contributed by atoms with Crippen LogP contribution >= 0.6 is 0 Å². The first-order chi connectivity index (χ1) is 11.3. The Morgan fingerprint density at radius 2 is 1.91 bits per heavy atom. The van der Waals surface area contributed by atoms with Crippen molar-refractivity contribution in [2.75, 3.05) is 32.7 Å². The molecule has 1 saturated carbocycles. The van der Waals surface area contributed by atoms with E-state index in [1.54, 1.807) is 6.20 Å². The van der Waals surface area contributed by atoms with Crippen LogP contribution in [-0.2, 0) is 11.3 Å². The number of hydrogen-bond acceptors (Lipinski definition) is 4. The van der Waals surface area contributed by atoms with Crippen molar-refractivity contribution in [3.8, 4) is 0 Å². The van der Waals surface area contributed by atoms with Crippen molar-refractivity contribution in [3.05, 3.63) is 30.1 Å². The summed E-state index contributed by atoms with van der Waals surface area (Å²) in [4.78, 5) is 21.3. The number of aromatic nitrogens is 1. The Balaban J connectivity index is 1.44. The molecule has 1 aliphatic carbocycles. The molecule has 2 heterocycles. The number of piperazine rings is 1. The van der Waals surface area contributed by atoms with Crippen LogP contribution < -0.4 is 5.73 Å². The van der Waals surface area contributed by atoms with Crippen LogP contribution in [0.15, 0.2) is 24.5 Å². The fourth-order valence-corrected chi connectivity index (χ4v) is 3.78. The first-order valence-electron chi connectivity index (χ1n) is 8.86. The largest absolute Gasteiger partial charge is 0.340 e. The molecule has 0 spiro atoms. The summed E-state index contributed by atoms with van der Waals surface area (Å²) in [5.74, 6) is 1.25. The SMILES string of the molecule is NCC1CCC(C(=O)N2CCN(Cc3cccnc3)CC2)CC1. The minimum Gasteiger partial charge on any atom is -0.340 e. The van der Waals surface area contributed by atoms with Crippen LogP contribution in [0.25, 0.3) is 0 Å². The molecule has 126 valence electrons. The second-order valence-electron chi connectivity index (χ2n) is 6.92. The van der Waals surface area contributed by atoms with E-state index >= 15 is 0 Å². The van der Waals surface area contributed by atoms with E-state index in [4.69, 9.17) is 5.73 Å². The van der Waals surface area contributed by atoms with E-state index in [2.05, 4.69) is 20.9 Å². The van der Waals surface area contributed by atoms with Crippen LogP contribution in [0.4, 0.5) is 0 Å². The lowest BCUT2D eigenvalue weighted by molar-refractivity contribution is -0.138. The van der Waals surface area contributed by atoms with Crippen LogP contribution in [0.2, 0.25) is 0 Å². The highest BCUT2D eigenvalue weighted by atomic mass is 16.2. The summed E-state index contributed by atoms with van der Waals surface area (Å²) in [7, 11) is 0. The Morgan fingerprint density at radius 3 is 2.52 bits per heavy atom. The molecule has 0 bridgehead atoms. The van der Waals surface area contributed by atoms with Gasteiger partial charge in [-0.2, -0.15) is 0 Å². The number of nitrogens with zero attached hydrogens (tertiary/aromatic N) is 3. The highest BCUT2D eigenvalue weighted by Crippen LogP contribution is 2.29. The van der Waals surface area contributed by atoms with Gasteiger partial charge in [-0.05, 0) is 49.8 Å². The molecule has 1 saturated heterocycles. The summed E-state index contributed by atoms with van der Waals surface area (Å²) in [6.07, 6.45) is 8.02. The molecule has 0 aromatic carbocycles. The maximum atomic E-state index is 12.7. The first-order valence-corrected chi connectivity index (χ1v) is 8.86. The Bertz CT molecular complexity index is 491. The monoisotopic (exact) mass is 316 g/mol. The fraction of sp³-hybridized carbons (Fsp3) is 0.667. The molecule has 5 heteroatoms. The van der Waals surface area contributed by atoms with E-state index in [0.717, 1.165) is 65.0 Å². The number of carbonyl (C=O) groups is 1. The molecule has 1 aromatic rings. The van der Waals surface area contributed by atoms with Crippen LogP contribution in [0.1, 0.15) is 31.2 Å². The maximum Gasteiger partial charge on any atom is 0.225 e. The van der Waals surface area contributed by atoms with Crippen molar-refractivity contribution in [1.82, 2.24) is 14.8 Å². The molecule has 1 aliphatic heterocycles. The van der Waals surface area contributed by atoms with Crippen LogP contribution in [0.5, 0.6) is 0 Å². The molecule has 3 rings (SSSR count). The number of pyridine rings is 1. The third kappa shape index (κ3) is 4.30. The number of nitrogens with two attached hydrogens (primary N) is 1. The molecule has 1 aromatic heterocycles. The van der Waals surface area contributed by atoms with E-state index in [0.29, 0.717) is 11.8 Å². The van der Waals surface area contributed by atoms with E-state index in [1.807, 2.05) is 12.3 Å². The molecule has 5 nitrogen and oxygen atoms in total. The van der Waals surface area contributed by atoms with Gasteiger partial charge in [0.2, 0.25) is 5.91 Å². The van der Waals surface area contributed by atoms with Gasteiger partial charge in [-0.15, -0.1) is 0 Å².